The SMILES string of the molecule is Nc1c(F)ccc(NC2CCC(=O)NC2=O)c1C(=O)O. The number of carbonyl (C=O) groups excluding carboxylic acids is 2. The lowest BCUT2D eigenvalue weighted by atomic mass is 10.0. The number of amides is 2. The molecule has 2 amide bonds. The first-order valence-corrected chi connectivity index (χ1v) is 5.81. The van der Waals surface area contributed by atoms with Gasteiger partial charge >= 0.3 is 5.97 Å². The third-order valence-electron chi connectivity index (χ3n) is 2.98. The van der Waals surface area contributed by atoms with Crippen LogP contribution in [0.1, 0.15) is 23.2 Å². The fourth-order valence-electron chi connectivity index (χ4n) is 1.96. The van der Waals surface area contributed by atoms with Crippen molar-refractivity contribution in [1.29, 1.82) is 0 Å². The summed E-state index contributed by atoms with van der Waals surface area (Å²) < 4.78 is 13.3. The molecule has 1 aromatic rings. The van der Waals surface area contributed by atoms with Crippen LogP contribution in [0.4, 0.5) is 15.8 Å². The summed E-state index contributed by atoms with van der Waals surface area (Å²) in [4.78, 5) is 33.7. The molecule has 0 aromatic heterocycles. The number of rotatable bonds is 3. The van der Waals surface area contributed by atoms with Crippen LogP contribution in [-0.4, -0.2) is 28.9 Å². The molecule has 1 aromatic carbocycles. The molecule has 1 fully saturated rings. The lowest BCUT2D eigenvalue weighted by molar-refractivity contribution is -0.133. The van der Waals surface area contributed by atoms with Crippen molar-refractivity contribution in [1.82, 2.24) is 5.32 Å². The molecule has 106 valence electrons. The highest BCUT2D eigenvalue weighted by Crippen LogP contribution is 2.26. The van der Waals surface area contributed by atoms with E-state index >= 15 is 0 Å². The van der Waals surface area contributed by atoms with Crippen molar-refractivity contribution in [3.8, 4) is 0 Å². The zero-order valence-electron chi connectivity index (χ0n) is 10.3. The molecule has 1 unspecified atom stereocenters. The molecule has 0 spiro atoms. The van der Waals surface area contributed by atoms with Crippen LogP contribution in [-0.2, 0) is 9.59 Å². The van der Waals surface area contributed by atoms with Gasteiger partial charge < -0.3 is 16.2 Å². The molecule has 20 heavy (non-hydrogen) atoms. The molecule has 5 N–H and O–H groups in total. The molecular weight excluding hydrogens is 269 g/mol. The van der Waals surface area contributed by atoms with E-state index in [1.807, 2.05) is 0 Å². The molecule has 0 radical (unpaired) electrons. The van der Waals surface area contributed by atoms with Gasteiger partial charge in [-0.05, 0) is 18.6 Å². The topological polar surface area (TPSA) is 122 Å². The van der Waals surface area contributed by atoms with Crippen molar-refractivity contribution in [2.24, 2.45) is 0 Å². The second-order valence-corrected chi connectivity index (χ2v) is 4.34. The average Bonchev–Trinajstić information content (AvgIpc) is 2.36. The van der Waals surface area contributed by atoms with Crippen molar-refractivity contribution < 1.29 is 23.9 Å². The summed E-state index contributed by atoms with van der Waals surface area (Å²) in [6, 6.07) is 1.44. The van der Waals surface area contributed by atoms with E-state index < -0.39 is 35.0 Å². The third kappa shape index (κ3) is 2.53. The van der Waals surface area contributed by atoms with Gasteiger partial charge in [-0.3, -0.25) is 14.9 Å². The Hall–Kier alpha value is -2.64. The smallest absolute Gasteiger partial charge is 0.340 e. The summed E-state index contributed by atoms with van der Waals surface area (Å²) in [7, 11) is 0. The largest absolute Gasteiger partial charge is 0.478 e. The number of carboxylic acids is 1. The number of nitrogens with two attached hydrogens (primary N) is 1. The van der Waals surface area contributed by atoms with Crippen LogP contribution in [0.3, 0.4) is 0 Å². The Morgan fingerprint density at radius 1 is 1.45 bits per heavy atom. The molecule has 8 heteroatoms. The number of nitrogen functional groups attached to an aromatic ring is 1. The Morgan fingerprint density at radius 2 is 2.15 bits per heavy atom. The van der Waals surface area contributed by atoms with E-state index in [0.717, 1.165) is 6.07 Å². The molecule has 7 nitrogen and oxygen atoms in total. The molecule has 1 heterocycles. The number of carboxylic acid groups (broad SMARTS) is 1. The first-order chi connectivity index (χ1) is 9.40. The number of nitrogens with one attached hydrogen (secondary N) is 2. The molecule has 1 saturated heterocycles. The minimum absolute atomic E-state index is 0.0332. The Labute approximate surface area is 112 Å². The summed E-state index contributed by atoms with van der Waals surface area (Å²) in [6.07, 6.45) is 0.365. The van der Waals surface area contributed by atoms with Gasteiger partial charge in [-0.15, -0.1) is 0 Å². The van der Waals surface area contributed by atoms with Crippen LogP contribution in [0.15, 0.2) is 12.1 Å². The van der Waals surface area contributed by atoms with Crippen molar-refractivity contribution in [3.63, 3.8) is 0 Å². The standard InChI is InChI=1S/C12H12FN3O4/c13-5-1-2-6(9(10(5)14)12(19)20)15-7-3-4-8(17)16-11(7)18/h1-2,7,15H,3-4,14H2,(H,19,20)(H,16,17,18). The van der Waals surface area contributed by atoms with E-state index in [9.17, 15) is 18.8 Å². The molecule has 0 bridgehead atoms. The van der Waals surface area contributed by atoms with Crippen LogP contribution in [0.5, 0.6) is 0 Å². The lowest BCUT2D eigenvalue weighted by Crippen LogP contribution is -2.47. The van der Waals surface area contributed by atoms with Gasteiger partial charge in [0.25, 0.3) is 0 Å². The normalized spacial score (nSPS) is 18.6. The number of hydrogen-bond acceptors (Lipinski definition) is 5. The second kappa shape index (κ2) is 5.16. The molecule has 0 aliphatic carbocycles. The zero-order valence-corrected chi connectivity index (χ0v) is 10.3. The van der Waals surface area contributed by atoms with Crippen LogP contribution in [0, 0.1) is 5.82 Å². The molecular formula is C12H12FN3O4. The number of halogens is 1. The molecule has 1 aliphatic rings. The maximum absolute atomic E-state index is 13.3. The van der Waals surface area contributed by atoms with Gasteiger partial charge in [0.2, 0.25) is 11.8 Å². The van der Waals surface area contributed by atoms with E-state index in [1.165, 1.54) is 6.07 Å². The number of benzene rings is 1. The monoisotopic (exact) mass is 281 g/mol. The number of hydrogen-bond donors (Lipinski definition) is 4. The van der Waals surface area contributed by atoms with E-state index in [-0.39, 0.29) is 24.4 Å². The van der Waals surface area contributed by atoms with E-state index in [1.54, 1.807) is 0 Å². The minimum atomic E-state index is -1.41. The first-order valence-electron chi connectivity index (χ1n) is 5.81. The van der Waals surface area contributed by atoms with Crippen LogP contribution >= 0.6 is 0 Å². The first kappa shape index (κ1) is 13.8. The summed E-state index contributed by atoms with van der Waals surface area (Å²) >= 11 is 0. The number of aromatic carboxylic acids is 1. The van der Waals surface area contributed by atoms with Gasteiger partial charge in [0.1, 0.15) is 17.4 Å². The highest BCUT2D eigenvalue weighted by molar-refractivity contribution is 6.04. The zero-order chi connectivity index (χ0) is 14.9. The summed E-state index contributed by atoms with van der Waals surface area (Å²) in [5.41, 5.74) is 4.49. The highest BCUT2D eigenvalue weighted by atomic mass is 19.1. The predicted octanol–water partition coefficient (Wildman–Crippen LogP) is 0.323. The Bertz CT molecular complexity index is 603. The van der Waals surface area contributed by atoms with Crippen molar-refractivity contribution in [3.05, 3.63) is 23.5 Å². The number of anilines is 2. The van der Waals surface area contributed by atoms with E-state index in [4.69, 9.17) is 10.8 Å². The van der Waals surface area contributed by atoms with Crippen molar-refractivity contribution in [2.75, 3.05) is 11.1 Å². The van der Waals surface area contributed by atoms with Crippen molar-refractivity contribution in [2.45, 2.75) is 18.9 Å². The van der Waals surface area contributed by atoms with Gasteiger partial charge in [0.15, 0.2) is 0 Å². The predicted molar refractivity (Wildman–Crippen MR) is 67.6 cm³/mol. The minimum Gasteiger partial charge on any atom is -0.478 e. The van der Waals surface area contributed by atoms with Crippen LogP contribution in [0.2, 0.25) is 0 Å². The third-order valence-corrected chi connectivity index (χ3v) is 2.98. The average molecular weight is 281 g/mol. The van der Waals surface area contributed by atoms with Crippen molar-refractivity contribution >= 4 is 29.2 Å². The van der Waals surface area contributed by atoms with Gasteiger partial charge in [-0.1, -0.05) is 0 Å². The maximum Gasteiger partial charge on any atom is 0.340 e. The summed E-state index contributed by atoms with van der Waals surface area (Å²) in [5.74, 6) is -3.20. The summed E-state index contributed by atoms with van der Waals surface area (Å²) in [5, 5.41) is 13.9. The number of carbonyl (C=O) groups is 3. The number of imide groups is 1. The van der Waals surface area contributed by atoms with Gasteiger partial charge in [0, 0.05) is 6.42 Å². The molecule has 0 saturated carbocycles. The number of piperidine rings is 1. The summed E-state index contributed by atoms with van der Waals surface area (Å²) in [6.45, 7) is 0. The lowest BCUT2D eigenvalue weighted by Gasteiger charge is -2.23. The quantitative estimate of drug-likeness (QED) is 0.467. The Kier molecular flexibility index (Phi) is 3.55. The Balaban J connectivity index is 2.30. The Morgan fingerprint density at radius 3 is 2.75 bits per heavy atom. The second-order valence-electron chi connectivity index (χ2n) is 4.34. The molecule has 1 aliphatic heterocycles. The van der Waals surface area contributed by atoms with Gasteiger partial charge in [0.05, 0.1) is 11.4 Å². The molecule has 1 atom stereocenters. The van der Waals surface area contributed by atoms with Gasteiger partial charge in [-0.2, -0.15) is 0 Å². The van der Waals surface area contributed by atoms with E-state index in [2.05, 4.69) is 10.6 Å². The molecule has 2 rings (SSSR count). The maximum atomic E-state index is 13.3. The fourth-order valence-corrected chi connectivity index (χ4v) is 1.96. The van der Waals surface area contributed by atoms with Crippen LogP contribution in [0.25, 0.3) is 0 Å². The van der Waals surface area contributed by atoms with Gasteiger partial charge in [-0.25, -0.2) is 9.18 Å². The van der Waals surface area contributed by atoms with E-state index in [0.29, 0.717) is 0 Å². The van der Waals surface area contributed by atoms with Crippen LogP contribution < -0.4 is 16.4 Å². The fraction of sp³-hybridized carbons (Fsp3) is 0.250. The highest BCUT2D eigenvalue weighted by Gasteiger charge is 2.28.